The zero-order valence-electron chi connectivity index (χ0n) is 20.9. The third kappa shape index (κ3) is 12.7. The van der Waals surface area contributed by atoms with Crippen LogP contribution in [0.3, 0.4) is 0 Å². The summed E-state index contributed by atoms with van der Waals surface area (Å²) in [5, 5.41) is 29.0. The summed E-state index contributed by atoms with van der Waals surface area (Å²) in [6.07, 6.45) is 23.2. The molecule has 0 bridgehead atoms. The lowest BCUT2D eigenvalue weighted by Gasteiger charge is -2.07. The van der Waals surface area contributed by atoms with E-state index < -0.39 is 28.1 Å². The summed E-state index contributed by atoms with van der Waals surface area (Å²) in [5.74, 6) is -1.16. The van der Waals surface area contributed by atoms with Crippen LogP contribution < -0.4 is 0 Å². The van der Waals surface area contributed by atoms with E-state index in [-0.39, 0.29) is 10.8 Å². The molecule has 0 radical (unpaired) electrons. The van der Waals surface area contributed by atoms with Gasteiger partial charge in [-0.2, -0.15) is 0 Å². The first kappa shape index (κ1) is 29.8. The van der Waals surface area contributed by atoms with Crippen LogP contribution in [0.1, 0.15) is 122 Å². The fourth-order valence-electron chi connectivity index (χ4n) is 4.35. The number of aromatic nitrogens is 1. The zero-order valence-corrected chi connectivity index (χ0v) is 21.8. The average molecular weight is 488 g/mol. The highest BCUT2D eigenvalue weighted by Crippen LogP contribution is 2.32. The molecule has 194 valence electrons. The molecule has 3 N–H and O–H groups in total. The van der Waals surface area contributed by atoms with E-state index in [1.54, 1.807) is 0 Å². The molecule has 1 rings (SSSR count). The largest absolute Gasteiger partial charge is 0.494 e. The molecular weight excluding hydrogens is 438 g/mol. The van der Waals surface area contributed by atoms with Crippen LogP contribution in [0.4, 0.5) is 0 Å². The van der Waals surface area contributed by atoms with Crippen LogP contribution >= 0.6 is 0 Å². The molecule has 1 aromatic heterocycles. The van der Waals surface area contributed by atoms with Gasteiger partial charge in [0.2, 0.25) is 5.88 Å². The molecule has 6 nitrogen and oxygen atoms in total. The summed E-state index contributed by atoms with van der Waals surface area (Å²) < 4.78 is 25.3. The molecule has 33 heavy (non-hydrogen) atoms. The van der Waals surface area contributed by atoms with Gasteiger partial charge in [0.15, 0.2) is 15.7 Å². The molecule has 1 aromatic rings. The predicted octanol–water partition coefficient (Wildman–Crippen LogP) is 6.71. The van der Waals surface area contributed by atoms with E-state index in [9.17, 15) is 18.6 Å². The molecular formula is C26H49NO5S. The van der Waals surface area contributed by atoms with E-state index >= 15 is 0 Å². The van der Waals surface area contributed by atoms with Crippen LogP contribution in [0.5, 0.6) is 11.8 Å². The van der Waals surface area contributed by atoms with E-state index in [1.807, 2.05) is 0 Å². The van der Waals surface area contributed by atoms with Crippen molar-refractivity contribution in [2.75, 3.05) is 12.4 Å². The number of rotatable bonds is 22. The molecule has 0 atom stereocenters. The molecule has 0 aliphatic heterocycles. The number of unbranched alkanes of at least 4 members (excludes halogenated alkanes) is 17. The maximum atomic E-state index is 12.0. The van der Waals surface area contributed by atoms with Gasteiger partial charge in [-0.3, -0.25) is 4.57 Å². The van der Waals surface area contributed by atoms with E-state index in [1.165, 1.54) is 101 Å². The quantitative estimate of drug-likeness (QED) is 0.158. The molecule has 0 saturated heterocycles. The van der Waals surface area contributed by atoms with Crippen molar-refractivity contribution in [2.24, 2.45) is 0 Å². The Morgan fingerprint density at radius 1 is 0.697 bits per heavy atom. The lowest BCUT2D eigenvalue weighted by Crippen LogP contribution is -2.09. The summed E-state index contributed by atoms with van der Waals surface area (Å²) in [7, 11) is -3.79. The molecule has 0 aromatic carbocycles. The van der Waals surface area contributed by atoms with Crippen molar-refractivity contribution in [3.05, 3.63) is 6.07 Å². The molecule has 0 aliphatic carbocycles. The summed E-state index contributed by atoms with van der Waals surface area (Å²) in [4.78, 5) is -0.309. The molecule has 0 saturated carbocycles. The van der Waals surface area contributed by atoms with Gasteiger partial charge in [-0.05, 0) is 6.42 Å². The van der Waals surface area contributed by atoms with Crippen molar-refractivity contribution in [2.45, 2.75) is 134 Å². The van der Waals surface area contributed by atoms with Crippen molar-refractivity contribution >= 4 is 9.84 Å². The van der Waals surface area contributed by atoms with Crippen molar-refractivity contribution in [3.8, 4) is 11.8 Å². The Morgan fingerprint density at radius 3 is 1.48 bits per heavy atom. The van der Waals surface area contributed by atoms with Crippen molar-refractivity contribution in [1.82, 2.24) is 4.57 Å². The second kappa shape index (κ2) is 18.2. The summed E-state index contributed by atoms with van der Waals surface area (Å²) >= 11 is 0. The lowest BCUT2D eigenvalue weighted by molar-refractivity contribution is 0.319. The standard InChI is InChI=1S/C26H49NO5S/c1-2-3-4-5-6-7-8-9-10-11-12-13-14-15-16-17-18-19-20-27-25(29)23-24(26(27)30)33(31,32)22-21-28/h23,28-30H,2-22H2,1H3. The highest BCUT2D eigenvalue weighted by atomic mass is 32.2. The van der Waals surface area contributed by atoms with Crippen LogP contribution in [0, 0.1) is 0 Å². The molecule has 0 fully saturated rings. The van der Waals surface area contributed by atoms with Gasteiger partial charge >= 0.3 is 0 Å². The zero-order chi connectivity index (χ0) is 24.4. The fourth-order valence-corrected chi connectivity index (χ4v) is 5.49. The Morgan fingerprint density at radius 2 is 1.09 bits per heavy atom. The van der Waals surface area contributed by atoms with Gasteiger partial charge in [-0.15, -0.1) is 0 Å². The van der Waals surface area contributed by atoms with Gasteiger partial charge in [0, 0.05) is 12.6 Å². The first-order valence-electron chi connectivity index (χ1n) is 13.4. The van der Waals surface area contributed by atoms with Crippen LogP contribution in [0.25, 0.3) is 0 Å². The van der Waals surface area contributed by atoms with E-state index in [2.05, 4.69) is 6.92 Å². The van der Waals surface area contributed by atoms with Crippen molar-refractivity contribution < 1.29 is 23.7 Å². The smallest absolute Gasteiger partial charge is 0.213 e. The Hall–Kier alpha value is -1.21. The van der Waals surface area contributed by atoms with Crippen LogP contribution in [0.15, 0.2) is 11.0 Å². The number of aliphatic hydroxyl groups excluding tert-OH is 1. The normalized spacial score (nSPS) is 11.9. The number of hydrogen-bond donors (Lipinski definition) is 3. The predicted molar refractivity (Wildman–Crippen MR) is 136 cm³/mol. The van der Waals surface area contributed by atoms with Gasteiger partial charge in [-0.1, -0.05) is 116 Å². The van der Waals surface area contributed by atoms with Gasteiger partial charge in [0.25, 0.3) is 0 Å². The molecule has 1 heterocycles. The SMILES string of the molecule is CCCCCCCCCCCCCCCCCCCCn1c(O)cc(S(=O)(=O)CCO)c1O. The lowest BCUT2D eigenvalue weighted by atomic mass is 10.0. The van der Waals surface area contributed by atoms with Crippen LogP contribution in [-0.2, 0) is 16.4 Å². The van der Waals surface area contributed by atoms with Gasteiger partial charge in [0.1, 0.15) is 4.90 Å². The molecule has 0 unspecified atom stereocenters. The molecule has 0 aliphatic rings. The van der Waals surface area contributed by atoms with Crippen molar-refractivity contribution in [1.29, 1.82) is 0 Å². The Balaban J connectivity index is 1.98. The van der Waals surface area contributed by atoms with Crippen molar-refractivity contribution in [3.63, 3.8) is 0 Å². The maximum absolute atomic E-state index is 12.0. The van der Waals surface area contributed by atoms with Gasteiger partial charge in [-0.25, -0.2) is 8.42 Å². The number of aliphatic hydroxyl groups is 1. The van der Waals surface area contributed by atoms with Crippen LogP contribution in [-0.4, -0.2) is 40.7 Å². The first-order chi connectivity index (χ1) is 15.9. The van der Waals surface area contributed by atoms with E-state index in [0.29, 0.717) is 6.54 Å². The molecule has 0 amide bonds. The van der Waals surface area contributed by atoms with E-state index in [4.69, 9.17) is 5.11 Å². The minimum Gasteiger partial charge on any atom is -0.494 e. The molecule has 0 spiro atoms. The maximum Gasteiger partial charge on any atom is 0.213 e. The Labute approximate surface area is 202 Å². The Bertz CT molecular complexity index is 715. The number of hydrogen-bond acceptors (Lipinski definition) is 5. The minimum atomic E-state index is -3.79. The van der Waals surface area contributed by atoms with Gasteiger partial charge < -0.3 is 15.3 Å². The van der Waals surface area contributed by atoms with E-state index in [0.717, 1.165) is 25.3 Å². The summed E-state index contributed by atoms with van der Waals surface area (Å²) in [5.41, 5.74) is 0. The van der Waals surface area contributed by atoms with Crippen LogP contribution in [0.2, 0.25) is 0 Å². The second-order valence-corrected chi connectivity index (χ2v) is 11.5. The average Bonchev–Trinajstić information content (AvgIpc) is 3.07. The first-order valence-corrected chi connectivity index (χ1v) is 15.0. The number of aromatic hydroxyl groups is 2. The van der Waals surface area contributed by atoms with Gasteiger partial charge in [0.05, 0.1) is 12.4 Å². The monoisotopic (exact) mass is 487 g/mol. The summed E-state index contributed by atoms with van der Waals surface area (Å²) in [6, 6.07) is 1.06. The number of nitrogens with zero attached hydrogens (tertiary/aromatic N) is 1. The number of sulfone groups is 1. The topological polar surface area (TPSA) is 99.8 Å². The highest BCUT2D eigenvalue weighted by Gasteiger charge is 2.24. The highest BCUT2D eigenvalue weighted by molar-refractivity contribution is 7.91. The third-order valence-corrected chi connectivity index (χ3v) is 8.13. The molecule has 7 heteroatoms. The minimum absolute atomic E-state index is 0.254. The Kier molecular flexibility index (Phi) is 16.4. The third-order valence-electron chi connectivity index (χ3n) is 6.44. The second-order valence-electron chi connectivity index (χ2n) is 9.39. The fraction of sp³-hybridized carbons (Fsp3) is 0.846. The summed E-state index contributed by atoms with van der Waals surface area (Å²) in [6.45, 7) is 2.13.